The largest absolute Gasteiger partial charge is 0.334 e. The second-order valence-corrected chi connectivity index (χ2v) is 5.22. The van der Waals surface area contributed by atoms with E-state index < -0.39 is 0 Å². The van der Waals surface area contributed by atoms with E-state index in [9.17, 15) is 4.79 Å². The third kappa shape index (κ3) is 2.68. The first-order valence-electron chi connectivity index (χ1n) is 6.35. The lowest BCUT2D eigenvalue weighted by molar-refractivity contribution is 0.0737. The average Bonchev–Trinajstić information content (AvgIpc) is 2.80. The Morgan fingerprint density at radius 1 is 1.56 bits per heavy atom. The molecular formula is C14H19ClN2O. The number of likely N-dealkylation sites (tertiary alicyclic amines) is 1. The van der Waals surface area contributed by atoms with Crippen molar-refractivity contribution in [2.75, 3.05) is 20.1 Å². The van der Waals surface area contributed by atoms with Crippen LogP contribution in [0, 0.1) is 6.92 Å². The summed E-state index contributed by atoms with van der Waals surface area (Å²) in [7, 11) is 1.92. The molecule has 2 rings (SSSR count). The van der Waals surface area contributed by atoms with Crippen molar-refractivity contribution in [1.29, 1.82) is 0 Å². The van der Waals surface area contributed by atoms with E-state index in [0.717, 1.165) is 31.5 Å². The highest BCUT2D eigenvalue weighted by Gasteiger charge is 2.28. The molecule has 1 aliphatic rings. The van der Waals surface area contributed by atoms with E-state index in [2.05, 4.69) is 5.32 Å². The number of nitrogens with zero attached hydrogens (tertiary/aromatic N) is 1. The van der Waals surface area contributed by atoms with Gasteiger partial charge < -0.3 is 10.2 Å². The third-order valence-corrected chi connectivity index (χ3v) is 3.90. The molecule has 1 aromatic carbocycles. The molecule has 1 saturated heterocycles. The number of likely N-dealkylation sites (N-methyl/N-ethyl adjacent to an activating group) is 1. The highest BCUT2D eigenvalue weighted by atomic mass is 35.5. The Bertz CT molecular complexity index is 447. The number of aryl methyl sites for hydroxylation is 1. The number of hydrogen-bond donors (Lipinski definition) is 1. The lowest BCUT2D eigenvalue weighted by Crippen LogP contribution is -2.40. The molecule has 0 aromatic heterocycles. The molecule has 0 bridgehead atoms. The molecule has 1 fully saturated rings. The fourth-order valence-electron chi connectivity index (χ4n) is 2.44. The first-order valence-corrected chi connectivity index (χ1v) is 6.73. The van der Waals surface area contributed by atoms with Gasteiger partial charge in [0.1, 0.15) is 0 Å². The zero-order chi connectivity index (χ0) is 13.1. The van der Waals surface area contributed by atoms with Crippen LogP contribution < -0.4 is 5.32 Å². The van der Waals surface area contributed by atoms with Crippen LogP contribution in [0.3, 0.4) is 0 Å². The van der Waals surface area contributed by atoms with Crippen molar-refractivity contribution >= 4 is 17.5 Å². The Morgan fingerprint density at radius 2 is 2.33 bits per heavy atom. The van der Waals surface area contributed by atoms with Crippen LogP contribution >= 0.6 is 11.6 Å². The van der Waals surface area contributed by atoms with Gasteiger partial charge in [-0.25, -0.2) is 0 Å². The van der Waals surface area contributed by atoms with E-state index in [0.29, 0.717) is 16.6 Å². The Labute approximate surface area is 113 Å². The third-order valence-electron chi connectivity index (χ3n) is 3.50. The first-order chi connectivity index (χ1) is 8.63. The van der Waals surface area contributed by atoms with Gasteiger partial charge in [-0.3, -0.25) is 4.79 Å². The maximum absolute atomic E-state index is 12.4. The van der Waals surface area contributed by atoms with Crippen LogP contribution in [0.1, 0.15) is 28.8 Å². The highest BCUT2D eigenvalue weighted by Crippen LogP contribution is 2.22. The van der Waals surface area contributed by atoms with Crippen molar-refractivity contribution in [3.8, 4) is 0 Å². The number of carbonyl (C=O) groups excluding carboxylic acids is 1. The molecule has 98 valence electrons. The number of amides is 1. The SMILES string of the molecule is CNC[C@@H]1CCCN1C(=O)c1ccc(C)c(Cl)c1. The minimum absolute atomic E-state index is 0.0923. The summed E-state index contributed by atoms with van der Waals surface area (Å²) >= 11 is 6.08. The van der Waals surface area contributed by atoms with Gasteiger partial charge in [0, 0.05) is 29.7 Å². The topological polar surface area (TPSA) is 32.3 Å². The second kappa shape index (κ2) is 5.72. The predicted octanol–water partition coefficient (Wildman–Crippen LogP) is 2.47. The smallest absolute Gasteiger partial charge is 0.254 e. The molecule has 1 atom stereocenters. The summed E-state index contributed by atoms with van der Waals surface area (Å²) in [6.07, 6.45) is 2.16. The van der Waals surface area contributed by atoms with E-state index in [1.807, 2.05) is 31.0 Å². The lowest BCUT2D eigenvalue weighted by Gasteiger charge is -2.24. The lowest BCUT2D eigenvalue weighted by atomic mass is 10.1. The molecule has 1 amide bonds. The first kappa shape index (κ1) is 13.4. The monoisotopic (exact) mass is 266 g/mol. The summed E-state index contributed by atoms with van der Waals surface area (Å²) in [5.41, 5.74) is 1.69. The molecule has 18 heavy (non-hydrogen) atoms. The summed E-state index contributed by atoms with van der Waals surface area (Å²) in [6, 6.07) is 5.84. The quantitative estimate of drug-likeness (QED) is 0.912. The molecule has 3 nitrogen and oxygen atoms in total. The Balaban J connectivity index is 2.17. The normalized spacial score (nSPS) is 19.3. The number of hydrogen-bond acceptors (Lipinski definition) is 2. The summed E-state index contributed by atoms with van der Waals surface area (Å²) < 4.78 is 0. The zero-order valence-electron chi connectivity index (χ0n) is 10.9. The van der Waals surface area contributed by atoms with Crippen molar-refractivity contribution in [1.82, 2.24) is 10.2 Å². The summed E-state index contributed by atoms with van der Waals surface area (Å²) in [4.78, 5) is 14.4. The summed E-state index contributed by atoms with van der Waals surface area (Å²) in [5.74, 6) is 0.0923. The predicted molar refractivity (Wildman–Crippen MR) is 74.2 cm³/mol. The molecule has 1 N–H and O–H groups in total. The molecule has 4 heteroatoms. The molecule has 0 spiro atoms. The van der Waals surface area contributed by atoms with Crippen molar-refractivity contribution in [3.05, 3.63) is 34.3 Å². The molecule has 0 aliphatic carbocycles. The molecular weight excluding hydrogens is 248 g/mol. The molecule has 0 saturated carbocycles. The summed E-state index contributed by atoms with van der Waals surface area (Å²) in [5, 5.41) is 3.80. The number of halogens is 1. The number of benzene rings is 1. The van der Waals surface area contributed by atoms with Gasteiger partial charge in [-0.05, 0) is 44.5 Å². The van der Waals surface area contributed by atoms with E-state index in [4.69, 9.17) is 11.6 Å². The van der Waals surface area contributed by atoms with Gasteiger partial charge in [-0.15, -0.1) is 0 Å². The van der Waals surface area contributed by atoms with Crippen LogP contribution in [0.15, 0.2) is 18.2 Å². The van der Waals surface area contributed by atoms with Crippen LogP contribution in [0.5, 0.6) is 0 Å². The van der Waals surface area contributed by atoms with E-state index in [1.165, 1.54) is 0 Å². The van der Waals surface area contributed by atoms with E-state index >= 15 is 0 Å². The van der Waals surface area contributed by atoms with Gasteiger partial charge in [0.05, 0.1) is 0 Å². The summed E-state index contributed by atoms with van der Waals surface area (Å²) in [6.45, 7) is 3.64. The Hall–Kier alpha value is -1.06. The maximum Gasteiger partial charge on any atom is 0.254 e. The molecule has 0 radical (unpaired) electrons. The standard InChI is InChI=1S/C14H19ClN2O/c1-10-5-6-11(8-13(10)15)14(18)17-7-3-4-12(17)9-16-2/h5-6,8,12,16H,3-4,7,9H2,1-2H3/t12-/m0/s1. The van der Waals surface area contributed by atoms with Crippen LogP contribution in [-0.4, -0.2) is 37.0 Å². The minimum Gasteiger partial charge on any atom is -0.334 e. The molecule has 1 aliphatic heterocycles. The molecule has 0 unspecified atom stereocenters. The fraction of sp³-hybridized carbons (Fsp3) is 0.500. The fourth-order valence-corrected chi connectivity index (χ4v) is 2.62. The van der Waals surface area contributed by atoms with Gasteiger partial charge in [0.2, 0.25) is 0 Å². The number of carbonyl (C=O) groups is 1. The Morgan fingerprint density at radius 3 is 3.00 bits per heavy atom. The second-order valence-electron chi connectivity index (χ2n) is 4.82. The van der Waals surface area contributed by atoms with Crippen molar-refractivity contribution < 1.29 is 4.79 Å². The van der Waals surface area contributed by atoms with Crippen molar-refractivity contribution in [2.45, 2.75) is 25.8 Å². The maximum atomic E-state index is 12.4. The van der Waals surface area contributed by atoms with Gasteiger partial charge >= 0.3 is 0 Å². The van der Waals surface area contributed by atoms with Gasteiger partial charge in [-0.1, -0.05) is 17.7 Å². The van der Waals surface area contributed by atoms with Crippen molar-refractivity contribution in [2.24, 2.45) is 0 Å². The van der Waals surface area contributed by atoms with Crippen LogP contribution in [0.2, 0.25) is 5.02 Å². The van der Waals surface area contributed by atoms with E-state index in [1.54, 1.807) is 6.07 Å². The van der Waals surface area contributed by atoms with Crippen molar-refractivity contribution in [3.63, 3.8) is 0 Å². The minimum atomic E-state index is 0.0923. The van der Waals surface area contributed by atoms with E-state index in [-0.39, 0.29) is 5.91 Å². The van der Waals surface area contributed by atoms with Gasteiger partial charge in [0.15, 0.2) is 0 Å². The van der Waals surface area contributed by atoms with Crippen LogP contribution in [-0.2, 0) is 0 Å². The highest BCUT2D eigenvalue weighted by molar-refractivity contribution is 6.31. The number of nitrogens with one attached hydrogen (secondary N) is 1. The molecule has 1 heterocycles. The molecule has 1 aromatic rings. The van der Waals surface area contributed by atoms with Gasteiger partial charge in [-0.2, -0.15) is 0 Å². The Kier molecular flexibility index (Phi) is 4.25. The average molecular weight is 267 g/mol. The van der Waals surface area contributed by atoms with Crippen LogP contribution in [0.4, 0.5) is 0 Å². The number of rotatable bonds is 3. The van der Waals surface area contributed by atoms with Crippen LogP contribution in [0.25, 0.3) is 0 Å². The zero-order valence-corrected chi connectivity index (χ0v) is 11.6. The van der Waals surface area contributed by atoms with Gasteiger partial charge in [0.25, 0.3) is 5.91 Å².